The molecule has 0 aliphatic carbocycles. The van der Waals surface area contributed by atoms with Gasteiger partial charge < -0.3 is 16.0 Å². The van der Waals surface area contributed by atoms with Crippen LogP contribution in [0.4, 0.5) is 26.0 Å². The van der Waals surface area contributed by atoms with Crippen molar-refractivity contribution < 1.29 is 17.1 Å². The van der Waals surface area contributed by atoms with Crippen LogP contribution in [0.1, 0.15) is 22.5 Å². The average molecular weight is 486 g/mol. The van der Waals surface area contributed by atoms with Gasteiger partial charge in [-0.15, -0.1) is 0 Å². The summed E-state index contributed by atoms with van der Waals surface area (Å²) in [7, 11) is -2.52. The molecule has 2 aromatic carbocycles. The molecule has 4 N–H and O–H groups in total. The Labute approximate surface area is 200 Å². The highest BCUT2D eigenvalue weighted by molar-refractivity contribution is 7.93. The number of benzene rings is 2. The maximum absolute atomic E-state index is 15.4. The maximum atomic E-state index is 15.4. The third-order valence-corrected chi connectivity index (χ3v) is 8.45. The monoisotopic (exact) mass is 485 g/mol. The third-order valence-electron chi connectivity index (χ3n) is 6.07. The summed E-state index contributed by atoms with van der Waals surface area (Å²) in [5.41, 5.74) is 12.8. The van der Waals surface area contributed by atoms with Crippen LogP contribution in [0.15, 0.2) is 41.0 Å². The number of halogens is 2. The Morgan fingerprint density at radius 1 is 1.12 bits per heavy atom. The first kappa shape index (κ1) is 18.8. The molecule has 3 heterocycles. The lowest BCUT2D eigenvalue weighted by atomic mass is 9.97. The van der Waals surface area contributed by atoms with E-state index in [2.05, 4.69) is 14.3 Å². The molecule has 1 fully saturated rings. The van der Waals surface area contributed by atoms with Crippen LogP contribution in [0.3, 0.4) is 0 Å². The van der Waals surface area contributed by atoms with E-state index in [0.29, 0.717) is 17.1 Å². The fraction of sp³-hybridized carbons (Fsp3) is 0.250. The summed E-state index contributed by atoms with van der Waals surface area (Å²) in [6, 6.07) is 6.57. The summed E-state index contributed by atoms with van der Waals surface area (Å²) in [6.07, 6.45) is 2.65. The Hall–Kier alpha value is -3.53. The van der Waals surface area contributed by atoms with E-state index in [1.165, 1.54) is 18.2 Å². The molecule has 1 aliphatic rings. The lowest BCUT2D eigenvalue weighted by molar-refractivity contribution is 0.629. The van der Waals surface area contributed by atoms with Crippen molar-refractivity contribution >= 4 is 38.0 Å². The van der Waals surface area contributed by atoms with Gasteiger partial charge in [0.15, 0.2) is 0 Å². The van der Waals surface area contributed by atoms with Crippen LogP contribution in [-0.2, 0) is 16.7 Å². The van der Waals surface area contributed by atoms with Crippen LogP contribution < -0.4 is 11.5 Å². The lowest BCUT2D eigenvalue weighted by Gasteiger charge is -2.12. The van der Waals surface area contributed by atoms with Gasteiger partial charge in [0.1, 0.15) is 35.1 Å². The van der Waals surface area contributed by atoms with Gasteiger partial charge in [0, 0.05) is 39.4 Å². The van der Waals surface area contributed by atoms with E-state index < -0.39 is 28.3 Å². The van der Waals surface area contributed by atoms with E-state index in [9.17, 15) is 4.21 Å². The van der Waals surface area contributed by atoms with Crippen molar-refractivity contribution in [2.24, 2.45) is 11.3 Å². The molecule has 0 spiro atoms. The van der Waals surface area contributed by atoms with Gasteiger partial charge in [0.05, 0.1) is 20.8 Å². The SMILES string of the molecule is [2H]C([2H])([2H])n1c(-c2cc(C)c(N)cc2F)c(-c2ccc(N=S3(=O)CCCC3)c(F)c2)c2c(N)ncnc21. The Morgan fingerprint density at radius 3 is 2.59 bits per heavy atom. The van der Waals surface area contributed by atoms with E-state index in [1.54, 1.807) is 6.92 Å². The van der Waals surface area contributed by atoms with Gasteiger partial charge in [-0.1, -0.05) is 6.07 Å². The highest BCUT2D eigenvalue weighted by Gasteiger charge is 2.25. The van der Waals surface area contributed by atoms with E-state index >= 15 is 8.78 Å². The average Bonchev–Trinajstić information content (AvgIpc) is 3.40. The molecule has 1 aliphatic heterocycles. The van der Waals surface area contributed by atoms with Crippen LogP contribution >= 0.6 is 0 Å². The number of nitrogens with zero attached hydrogens (tertiary/aromatic N) is 4. The zero-order valence-electron chi connectivity index (χ0n) is 21.3. The molecular weight excluding hydrogens is 458 g/mol. The number of hydrogen-bond donors (Lipinski definition) is 2. The van der Waals surface area contributed by atoms with Gasteiger partial charge in [0.2, 0.25) is 0 Å². The second-order valence-electron chi connectivity index (χ2n) is 8.35. The van der Waals surface area contributed by atoms with Crippen molar-refractivity contribution in [3.63, 3.8) is 0 Å². The normalized spacial score (nSPS) is 16.9. The number of anilines is 2. The first-order valence-electron chi connectivity index (χ1n) is 12.1. The summed E-state index contributed by atoms with van der Waals surface area (Å²) in [5, 5.41) is 0.133. The Morgan fingerprint density at radius 2 is 1.88 bits per heavy atom. The molecule has 0 bridgehead atoms. The molecule has 0 atom stereocenters. The Balaban J connectivity index is 1.87. The van der Waals surface area contributed by atoms with Crippen molar-refractivity contribution in [3.8, 4) is 22.4 Å². The number of aryl methyl sites for hydroxylation is 2. The molecule has 4 aromatic rings. The second kappa shape index (κ2) is 8.05. The zero-order valence-corrected chi connectivity index (χ0v) is 19.1. The summed E-state index contributed by atoms with van der Waals surface area (Å²) >= 11 is 0. The number of hydrogen-bond acceptors (Lipinski definition) is 6. The highest BCUT2D eigenvalue weighted by atomic mass is 32.2. The van der Waals surface area contributed by atoms with E-state index in [0.717, 1.165) is 35.9 Å². The molecule has 176 valence electrons. The van der Waals surface area contributed by atoms with Gasteiger partial charge in [0.25, 0.3) is 0 Å². The van der Waals surface area contributed by atoms with Gasteiger partial charge in [-0.2, -0.15) is 4.36 Å². The smallest absolute Gasteiger partial charge is 0.150 e. The van der Waals surface area contributed by atoms with Crippen molar-refractivity contribution in [2.75, 3.05) is 23.0 Å². The summed E-state index contributed by atoms with van der Waals surface area (Å²) in [6.45, 7) is -1.14. The van der Waals surface area contributed by atoms with Crippen LogP contribution in [0.25, 0.3) is 33.4 Å². The molecule has 0 saturated carbocycles. The first-order valence-corrected chi connectivity index (χ1v) is 12.5. The van der Waals surface area contributed by atoms with Gasteiger partial charge in [-0.3, -0.25) is 0 Å². The molecule has 0 radical (unpaired) electrons. The molecule has 5 rings (SSSR count). The molecule has 34 heavy (non-hydrogen) atoms. The van der Waals surface area contributed by atoms with Crippen LogP contribution in [0.5, 0.6) is 0 Å². The topological polar surface area (TPSA) is 112 Å². The van der Waals surface area contributed by atoms with Crippen molar-refractivity contribution in [1.82, 2.24) is 14.5 Å². The highest BCUT2D eigenvalue weighted by Crippen LogP contribution is 2.43. The van der Waals surface area contributed by atoms with Crippen LogP contribution in [0.2, 0.25) is 0 Å². The summed E-state index contributed by atoms with van der Waals surface area (Å²) in [5.74, 6) is -0.756. The zero-order chi connectivity index (χ0) is 26.7. The first-order chi connectivity index (χ1) is 17.4. The molecular formula is C24H24F2N6OS. The molecule has 1 saturated heterocycles. The maximum Gasteiger partial charge on any atom is 0.150 e. The number of nitrogens with two attached hydrogens (primary N) is 2. The van der Waals surface area contributed by atoms with Gasteiger partial charge >= 0.3 is 0 Å². The Bertz CT molecular complexity index is 1680. The Kier molecular flexibility index (Phi) is 4.46. The number of fused-ring (bicyclic) bond motifs is 1. The summed E-state index contributed by atoms with van der Waals surface area (Å²) < 4.78 is 73.3. The predicted octanol–water partition coefficient (Wildman–Crippen LogP) is 4.95. The minimum Gasteiger partial charge on any atom is -0.398 e. The number of nitrogen functional groups attached to an aromatic ring is 2. The van der Waals surface area contributed by atoms with Gasteiger partial charge in [-0.05, 0) is 55.2 Å². The van der Waals surface area contributed by atoms with E-state index in [1.807, 2.05) is 0 Å². The molecule has 10 heteroatoms. The standard InChI is InChI=1S/C24H24F2N6OS/c1-13-9-15(16(25)11-18(13)27)22-20(21-23(28)29-12-30-24(21)32(22)2)14-5-6-19(17(26)10-14)31-34(33)7-3-4-8-34/h5-6,9-12H,3-4,7-8,27H2,1-2H3,(H2,28,29,30)/i2D3. The fourth-order valence-electron chi connectivity index (χ4n) is 4.31. The van der Waals surface area contributed by atoms with Crippen molar-refractivity contribution in [2.45, 2.75) is 19.8 Å². The van der Waals surface area contributed by atoms with Crippen LogP contribution in [0, 0.1) is 18.6 Å². The van der Waals surface area contributed by atoms with E-state index in [-0.39, 0.29) is 50.6 Å². The second-order valence-corrected chi connectivity index (χ2v) is 10.9. The fourth-order valence-corrected chi connectivity index (χ4v) is 6.52. The number of rotatable bonds is 3. The molecule has 7 nitrogen and oxygen atoms in total. The third kappa shape index (κ3) is 3.58. The number of aromatic nitrogens is 3. The van der Waals surface area contributed by atoms with Crippen molar-refractivity contribution in [1.29, 1.82) is 0 Å². The van der Waals surface area contributed by atoms with Crippen molar-refractivity contribution in [3.05, 3.63) is 53.9 Å². The molecule has 0 unspecified atom stereocenters. The minimum atomic E-state index is -2.80. The minimum absolute atomic E-state index is 0.0556. The quantitative estimate of drug-likeness (QED) is 0.399. The largest absolute Gasteiger partial charge is 0.398 e. The predicted molar refractivity (Wildman–Crippen MR) is 132 cm³/mol. The van der Waals surface area contributed by atoms with Gasteiger partial charge in [-0.25, -0.2) is 23.0 Å². The lowest BCUT2D eigenvalue weighted by Crippen LogP contribution is -2.00. The summed E-state index contributed by atoms with van der Waals surface area (Å²) in [4.78, 5) is 8.14. The van der Waals surface area contributed by atoms with Crippen LogP contribution in [-0.4, -0.2) is 30.2 Å². The molecule has 2 aromatic heterocycles. The van der Waals surface area contributed by atoms with E-state index in [4.69, 9.17) is 15.6 Å². The molecule has 0 amide bonds.